The topological polar surface area (TPSA) is 70.5 Å². The van der Waals surface area contributed by atoms with Gasteiger partial charge < -0.3 is 20.1 Å². The lowest BCUT2D eigenvalue weighted by Gasteiger charge is -2.45. The molecule has 0 bridgehead atoms. The van der Waals surface area contributed by atoms with E-state index in [0.29, 0.717) is 13.1 Å². The van der Waals surface area contributed by atoms with Crippen molar-refractivity contribution in [3.8, 4) is 5.75 Å². The van der Waals surface area contributed by atoms with Crippen molar-refractivity contribution in [1.29, 1.82) is 0 Å². The molecule has 29 heavy (non-hydrogen) atoms. The number of para-hydroxylation sites is 1. The highest BCUT2D eigenvalue weighted by molar-refractivity contribution is 5.95. The van der Waals surface area contributed by atoms with Crippen molar-refractivity contribution in [2.75, 3.05) is 30.4 Å². The van der Waals surface area contributed by atoms with Crippen LogP contribution in [-0.4, -0.2) is 41.1 Å². The number of aryl methyl sites for hydroxylation is 2. The fourth-order valence-electron chi connectivity index (χ4n) is 4.12. The molecule has 2 heterocycles. The number of aromatic nitrogens is 2. The Hall–Kier alpha value is -2.86. The Balaban J connectivity index is 1.70. The Bertz CT molecular complexity index is 1060. The zero-order chi connectivity index (χ0) is 20.8. The van der Waals surface area contributed by atoms with Gasteiger partial charge in [-0.05, 0) is 45.4 Å². The van der Waals surface area contributed by atoms with Gasteiger partial charge in [-0.2, -0.15) is 5.10 Å². The molecule has 4 rings (SSSR count). The minimum absolute atomic E-state index is 0.00143. The van der Waals surface area contributed by atoms with Crippen LogP contribution in [0.2, 0.25) is 0 Å². The second kappa shape index (κ2) is 7.19. The van der Waals surface area contributed by atoms with Crippen LogP contribution in [0.5, 0.6) is 5.75 Å². The van der Waals surface area contributed by atoms with Crippen molar-refractivity contribution in [2.24, 2.45) is 0 Å². The van der Waals surface area contributed by atoms with Crippen LogP contribution in [0, 0.1) is 13.8 Å². The summed E-state index contributed by atoms with van der Waals surface area (Å²) in [5, 5.41) is 24.5. The van der Waals surface area contributed by atoms with E-state index in [1.807, 2.05) is 32.9 Å². The third kappa shape index (κ3) is 3.60. The average Bonchev–Trinajstić information content (AvgIpc) is 2.67. The lowest BCUT2D eigenvalue weighted by atomic mass is 9.95. The number of benzene rings is 2. The van der Waals surface area contributed by atoms with Crippen LogP contribution in [0.15, 0.2) is 36.4 Å². The molecule has 1 aliphatic heterocycles. The summed E-state index contributed by atoms with van der Waals surface area (Å²) in [6.45, 7) is 9.25. The SMILES string of the molecule is COc1c(C)cccc1[C@@H](C)Nc1nnc(C)c2ccc(N3CC(C)(O)C3)cc12. The number of aliphatic hydroxyl groups is 1. The highest BCUT2D eigenvalue weighted by Gasteiger charge is 2.36. The minimum Gasteiger partial charge on any atom is -0.496 e. The molecule has 1 aliphatic rings. The van der Waals surface area contributed by atoms with E-state index in [-0.39, 0.29) is 6.04 Å². The van der Waals surface area contributed by atoms with Gasteiger partial charge in [-0.1, -0.05) is 24.3 Å². The quantitative estimate of drug-likeness (QED) is 0.684. The minimum atomic E-state index is -0.612. The van der Waals surface area contributed by atoms with Crippen molar-refractivity contribution in [3.05, 3.63) is 53.2 Å². The largest absolute Gasteiger partial charge is 0.496 e. The molecule has 1 fully saturated rings. The lowest BCUT2D eigenvalue weighted by molar-refractivity contribution is 0.0310. The predicted octanol–water partition coefficient (Wildman–Crippen LogP) is 4.00. The molecule has 0 aliphatic carbocycles. The molecule has 6 nitrogen and oxygen atoms in total. The van der Waals surface area contributed by atoms with Crippen molar-refractivity contribution in [1.82, 2.24) is 10.2 Å². The highest BCUT2D eigenvalue weighted by atomic mass is 16.5. The second-order valence-corrected chi connectivity index (χ2v) is 8.28. The van der Waals surface area contributed by atoms with Gasteiger partial charge in [0, 0.05) is 35.1 Å². The van der Waals surface area contributed by atoms with E-state index < -0.39 is 5.60 Å². The van der Waals surface area contributed by atoms with Crippen LogP contribution in [0.3, 0.4) is 0 Å². The molecule has 3 aromatic rings. The molecule has 0 spiro atoms. The summed E-state index contributed by atoms with van der Waals surface area (Å²) in [5.74, 6) is 1.64. The van der Waals surface area contributed by atoms with Crippen LogP contribution >= 0.6 is 0 Å². The number of hydrogen-bond acceptors (Lipinski definition) is 6. The Kier molecular flexibility index (Phi) is 4.82. The van der Waals surface area contributed by atoms with Crippen LogP contribution in [0.4, 0.5) is 11.5 Å². The number of anilines is 2. The summed E-state index contributed by atoms with van der Waals surface area (Å²) in [5.41, 5.74) is 3.55. The molecule has 0 radical (unpaired) electrons. The smallest absolute Gasteiger partial charge is 0.157 e. The highest BCUT2D eigenvalue weighted by Crippen LogP contribution is 2.35. The monoisotopic (exact) mass is 392 g/mol. The van der Waals surface area contributed by atoms with E-state index >= 15 is 0 Å². The number of nitrogens with one attached hydrogen (secondary N) is 1. The summed E-state index contributed by atoms with van der Waals surface area (Å²) in [6, 6.07) is 12.5. The van der Waals surface area contributed by atoms with Gasteiger partial charge in [0.25, 0.3) is 0 Å². The summed E-state index contributed by atoms with van der Waals surface area (Å²) < 4.78 is 5.63. The maximum Gasteiger partial charge on any atom is 0.157 e. The van der Waals surface area contributed by atoms with Gasteiger partial charge in [0.15, 0.2) is 5.82 Å². The van der Waals surface area contributed by atoms with Gasteiger partial charge in [0.05, 0.1) is 24.4 Å². The summed E-state index contributed by atoms with van der Waals surface area (Å²) in [7, 11) is 1.70. The number of nitrogens with zero attached hydrogens (tertiary/aromatic N) is 3. The van der Waals surface area contributed by atoms with Crippen molar-refractivity contribution in [2.45, 2.75) is 39.3 Å². The summed E-state index contributed by atoms with van der Waals surface area (Å²) in [6.07, 6.45) is 0. The molecule has 1 saturated heterocycles. The Morgan fingerprint density at radius 1 is 1.14 bits per heavy atom. The fourth-order valence-corrected chi connectivity index (χ4v) is 4.12. The van der Waals surface area contributed by atoms with E-state index in [0.717, 1.165) is 44.8 Å². The molecule has 6 heteroatoms. The van der Waals surface area contributed by atoms with E-state index in [2.05, 4.69) is 51.6 Å². The Morgan fingerprint density at radius 2 is 1.90 bits per heavy atom. The summed E-state index contributed by atoms with van der Waals surface area (Å²) >= 11 is 0. The van der Waals surface area contributed by atoms with Crippen molar-refractivity contribution < 1.29 is 9.84 Å². The average molecular weight is 393 g/mol. The molecular formula is C23H28N4O2. The number of rotatable bonds is 5. The first-order valence-corrected chi connectivity index (χ1v) is 9.93. The van der Waals surface area contributed by atoms with Gasteiger partial charge in [-0.15, -0.1) is 5.10 Å². The van der Waals surface area contributed by atoms with Gasteiger partial charge in [-0.3, -0.25) is 0 Å². The molecule has 2 aromatic carbocycles. The second-order valence-electron chi connectivity index (χ2n) is 8.28. The first kappa shape index (κ1) is 19.5. The normalized spacial score (nSPS) is 16.4. The molecule has 1 aromatic heterocycles. The number of methoxy groups -OCH3 is 1. The number of hydrogen-bond donors (Lipinski definition) is 2. The van der Waals surface area contributed by atoms with Crippen LogP contribution in [0.25, 0.3) is 10.8 Å². The number of ether oxygens (including phenoxy) is 1. The predicted molar refractivity (Wildman–Crippen MR) is 117 cm³/mol. The Morgan fingerprint density at radius 3 is 2.59 bits per heavy atom. The molecule has 1 atom stereocenters. The number of fused-ring (bicyclic) bond motifs is 1. The van der Waals surface area contributed by atoms with Crippen molar-refractivity contribution in [3.63, 3.8) is 0 Å². The van der Waals surface area contributed by atoms with E-state index in [9.17, 15) is 5.11 Å². The maximum atomic E-state index is 10.1. The van der Waals surface area contributed by atoms with Crippen molar-refractivity contribution >= 4 is 22.3 Å². The van der Waals surface area contributed by atoms with Gasteiger partial charge in [0.1, 0.15) is 5.75 Å². The molecule has 0 unspecified atom stereocenters. The number of β-amino-alcohol motifs (C(OH)–C–C–N with tert-alkyl or cyclic N) is 1. The molecule has 152 valence electrons. The third-order valence-corrected chi connectivity index (χ3v) is 5.64. The van der Waals surface area contributed by atoms with Gasteiger partial charge in [0.2, 0.25) is 0 Å². The van der Waals surface area contributed by atoms with Gasteiger partial charge >= 0.3 is 0 Å². The zero-order valence-electron chi connectivity index (χ0n) is 17.7. The van der Waals surface area contributed by atoms with Gasteiger partial charge in [-0.25, -0.2) is 0 Å². The first-order chi connectivity index (χ1) is 13.8. The maximum absolute atomic E-state index is 10.1. The molecule has 0 saturated carbocycles. The van der Waals surface area contributed by atoms with E-state index in [1.54, 1.807) is 7.11 Å². The molecular weight excluding hydrogens is 364 g/mol. The molecule has 2 N–H and O–H groups in total. The van der Waals surface area contributed by atoms with E-state index in [1.165, 1.54) is 0 Å². The summed E-state index contributed by atoms with van der Waals surface area (Å²) in [4.78, 5) is 2.17. The third-order valence-electron chi connectivity index (χ3n) is 5.64. The zero-order valence-corrected chi connectivity index (χ0v) is 17.7. The molecule has 0 amide bonds. The lowest BCUT2D eigenvalue weighted by Crippen LogP contribution is -2.60. The van der Waals surface area contributed by atoms with E-state index in [4.69, 9.17) is 4.74 Å². The Labute approximate surface area is 171 Å². The van der Waals surface area contributed by atoms with Crippen LogP contribution in [0.1, 0.15) is 36.7 Å². The first-order valence-electron chi connectivity index (χ1n) is 9.93. The standard InChI is InChI=1S/C23H28N4O2/c1-14-7-6-8-19(21(14)29-5)15(2)24-22-20-11-17(27-12-23(4,28)13-27)9-10-18(20)16(3)25-26-22/h6-11,15,28H,12-13H2,1-5H3,(H,24,26)/t15-/m1/s1. The van der Waals surface area contributed by atoms with Crippen LogP contribution < -0.4 is 15.0 Å². The van der Waals surface area contributed by atoms with Crippen LogP contribution in [-0.2, 0) is 0 Å². The fraction of sp³-hybridized carbons (Fsp3) is 0.391.